The average Bonchev–Trinajstić information content (AvgIpc) is 2.54. The summed E-state index contributed by atoms with van der Waals surface area (Å²) >= 11 is 0. The Morgan fingerprint density at radius 1 is 1.36 bits per heavy atom. The molecular formula is C18H29N3O. The minimum absolute atomic E-state index is 0.0869. The maximum absolute atomic E-state index is 11.8. The molecule has 0 radical (unpaired) electrons. The first-order valence-electron chi connectivity index (χ1n) is 8.36. The van der Waals surface area contributed by atoms with Crippen molar-refractivity contribution in [2.45, 2.75) is 39.3 Å². The van der Waals surface area contributed by atoms with Crippen LogP contribution in [0, 0.1) is 5.92 Å². The SMILES string of the molecule is CC(C)N(Cc1ccccc1)C[C@H]1CCCN(C(=O)CN)C1. The first-order chi connectivity index (χ1) is 10.6. The highest BCUT2D eigenvalue weighted by Gasteiger charge is 2.25. The van der Waals surface area contributed by atoms with E-state index in [1.54, 1.807) is 0 Å². The molecule has 4 nitrogen and oxygen atoms in total. The van der Waals surface area contributed by atoms with Crippen molar-refractivity contribution in [2.24, 2.45) is 11.7 Å². The number of likely N-dealkylation sites (tertiary alicyclic amines) is 1. The van der Waals surface area contributed by atoms with Crippen LogP contribution in [0.4, 0.5) is 0 Å². The quantitative estimate of drug-likeness (QED) is 0.875. The number of carbonyl (C=O) groups is 1. The lowest BCUT2D eigenvalue weighted by Crippen LogP contribution is -2.46. The lowest BCUT2D eigenvalue weighted by atomic mass is 9.96. The van der Waals surface area contributed by atoms with Gasteiger partial charge in [0.05, 0.1) is 6.54 Å². The molecule has 0 aliphatic carbocycles. The van der Waals surface area contributed by atoms with Crippen LogP contribution in [-0.2, 0) is 11.3 Å². The first-order valence-corrected chi connectivity index (χ1v) is 8.36. The number of carbonyl (C=O) groups excluding carboxylic acids is 1. The summed E-state index contributed by atoms with van der Waals surface area (Å²) < 4.78 is 0. The van der Waals surface area contributed by atoms with Gasteiger partial charge in [0.25, 0.3) is 0 Å². The zero-order valence-corrected chi connectivity index (χ0v) is 13.9. The summed E-state index contributed by atoms with van der Waals surface area (Å²) in [5.74, 6) is 0.638. The molecule has 0 unspecified atom stereocenters. The van der Waals surface area contributed by atoms with Crippen LogP contribution in [0.3, 0.4) is 0 Å². The fourth-order valence-electron chi connectivity index (χ4n) is 3.18. The smallest absolute Gasteiger partial charge is 0.236 e. The lowest BCUT2D eigenvalue weighted by Gasteiger charge is -2.37. The third-order valence-corrected chi connectivity index (χ3v) is 4.50. The van der Waals surface area contributed by atoms with Crippen molar-refractivity contribution in [3.63, 3.8) is 0 Å². The van der Waals surface area contributed by atoms with E-state index in [4.69, 9.17) is 5.73 Å². The van der Waals surface area contributed by atoms with Crippen LogP contribution in [0.2, 0.25) is 0 Å². The third-order valence-electron chi connectivity index (χ3n) is 4.50. The van der Waals surface area contributed by atoms with Crippen LogP contribution in [-0.4, -0.2) is 47.9 Å². The summed E-state index contributed by atoms with van der Waals surface area (Å²) in [6.45, 7) is 8.36. The highest BCUT2D eigenvalue weighted by atomic mass is 16.2. The second-order valence-corrected chi connectivity index (χ2v) is 6.56. The molecule has 1 aliphatic rings. The van der Waals surface area contributed by atoms with Crippen molar-refractivity contribution >= 4 is 5.91 Å². The van der Waals surface area contributed by atoms with Gasteiger partial charge in [-0.2, -0.15) is 0 Å². The van der Waals surface area contributed by atoms with E-state index in [1.165, 1.54) is 12.0 Å². The van der Waals surface area contributed by atoms with Crippen LogP contribution in [0.5, 0.6) is 0 Å². The van der Waals surface area contributed by atoms with Crippen LogP contribution in [0.15, 0.2) is 30.3 Å². The van der Waals surface area contributed by atoms with Crippen LogP contribution in [0.1, 0.15) is 32.3 Å². The fraction of sp³-hybridized carbons (Fsp3) is 0.611. The van der Waals surface area contributed by atoms with Crippen LogP contribution in [0.25, 0.3) is 0 Å². The number of nitrogens with zero attached hydrogens (tertiary/aromatic N) is 2. The molecule has 1 atom stereocenters. The maximum atomic E-state index is 11.8. The Morgan fingerprint density at radius 2 is 2.09 bits per heavy atom. The van der Waals surface area contributed by atoms with Gasteiger partial charge in [0.1, 0.15) is 0 Å². The van der Waals surface area contributed by atoms with Gasteiger partial charge in [-0.1, -0.05) is 30.3 Å². The van der Waals surface area contributed by atoms with Crippen molar-refractivity contribution in [3.8, 4) is 0 Å². The van der Waals surface area contributed by atoms with E-state index >= 15 is 0 Å². The van der Waals surface area contributed by atoms with E-state index in [1.807, 2.05) is 4.90 Å². The number of rotatable bonds is 6. The monoisotopic (exact) mass is 303 g/mol. The minimum Gasteiger partial charge on any atom is -0.341 e. The summed E-state index contributed by atoms with van der Waals surface area (Å²) in [5.41, 5.74) is 6.85. The average molecular weight is 303 g/mol. The Balaban J connectivity index is 1.94. The van der Waals surface area contributed by atoms with Crippen molar-refractivity contribution in [3.05, 3.63) is 35.9 Å². The van der Waals surface area contributed by atoms with Gasteiger partial charge in [0, 0.05) is 32.2 Å². The second kappa shape index (κ2) is 8.30. The largest absolute Gasteiger partial charge is 0.341 e. The molecule has 22 heavy (non-hydrogen) atoms. The number of hydrogen-bond donors (Lipinski definition) is 1. The molecule has 0 saturated carbocycles. The molecule has 122 valence electrons. The topological polar surface area (TPSA) is 49.6 Å². The molecule has 1 fully saturated rings. The van der Waals surface area contributed by atoms with Gasteiger partial charge >= 0.3 is 0 Å². The molecule has 1 heterocycles. The molecule has 1 aliphatic heterocycles. The summed E-state index contributed by atoms with van der Waals surface area (Å²) in [7, 11) is 0. The lowest BCUT2D eigenvalue weighted by molar-refractivity contribution is -0.131. The molecule has 1 amide bonds. The third kappa shape index (κ3) is 4.82. The fourth-order valence-corrected chi connectivity index (χ4v) is 3.18. The Hall–Kier alpha value is -1.39. The van der Waals surface area contributed by atoms with Crippen molar-refractivity contribution < 1.29 is 4.79 Å². The molecular weight excluding hydrogens is 274 g/mol. The molecule has 2 N–H and O–H groups in total. The summed E-state index contributed by atoms with van der Waals surface area (Å²) in [6.07, 6.45) is 2.29. The molecule has 2 rings (SSSR count). The zero-order chi connectivity index (χ0) is 15.9. The number of benzene rings is 1. The first kappa shape index (κ1) is 17.0. The minimum atomic E-state index is 0.0869. The molecule has 0 aromatic heterocycles. The van der Waals surface area contributed by atoms with Gasteiger partial charge < -0.3 is 10.6 Å². The molecule has 1 saturated heterocycles. The van der Waals surface area contributed by atoms with Crippen molar-refractivity contribution in [1.29, 1.82) is 0 Å². The van der Waals surface area contributed by atoms with Crippen molar-refractivity contribution in [1.82, 2.24) is 9.80 Å². The Kier molecular flexibility index (Phi) is 6.40. The number of hydrogen-bond acceptors (Lipinski definition) is 3. The molecule has 1 aromatic rings. The maximum Gasteiger partial charge on any atom is 0.236 e. The molecule has 1 aromatic carbocycles. The van der Waals surface area contributed by atoms with Gasteiger partial charge in [-0.3, -0.25) is 9.69 Å². The standard InChI is InChI=1S/C18H29N3O/c1-15(2)21(12-16-7-4-3-5-8-16)14-17-9-6-10-20(13-17)18(22)11-19/h3-5,7-8,15,17H,6,9-14,19H2,1-2H3/t17-/m0/s1. The van der Waals surface area contributed by atoms with Crippen molar-refractivity contribution in [2.75, 3.05) is 26.2 Å². The van der Waals surface area contributed by atoms with Gasteiger partial charge in [-0.25, -0.2) is 0 Å². The second-order valence-electron chi connectivity index (χ2n) is 6.56. The van der Waals surface area contributed by atoms with Gasteiger partial charge in [0.15, 0.2) is 0 Å². The molecule has 4 heteroatoms. The van der Waals surface area contributed by atoms with Gasteiger partial charge in [-0.15, -0.1) is 0 Å². The Morgan fingerprint density at radius 3 is 2.73 bits per heavy atom. The van der Waals surface area contributed by atoms with Gasteiger partial charge in [-0.05, 0) is 38.2 Å². The predicted molar refractivity (Wildman–Crippen MR) is 90.3 cm³/mol. The van der Waals surface area contributed by atoms with E-state index in [2.05, 4.69) is 49.1 Å². The van der Waals surface area contributed by atoms with E-state index < -0.39 is 0 Å². The molecule has 0 spiro atoms. The van der Waals surface area contributed by atoms with E-state index in [-0.39, 0.29) is 12.5 Å². The summed E-state index contributed by atoms with van der Waals surface area (Å²) in [6, 6.07) is 11.1. The van der Waals surface area contributed by atoms with Gasteiger partial charge in [0.2, 0.25) is 5.91 Å². The zero-order valence-electron chi connectivity index (χ0n) is 13.9. The predicted octanol–water partition coefficient (Wildman–Crippen LogP) is 2.09. The van der Waals surface area contributed by atoms with E-state index in [9.17, 15) is 4.79 Å². The van der Waals surface area contributed by atoms with Crippen LogP contribution < -0.4 is 5.73 Å². The number of piperidine rings is 1. The number of amides is 1. The Bertz CT molecular complexity index is 461. The summed E-state index contributed by atoms with van der Waals surface area (Å²) in [4.78, 5) is 16.3. The van der Waals surface area contributed by atoms with E-state index in [0.29, 0.717) is 12.0 Å². The molecule has 0 bridgehead atoms. The normalized spacial score (nSPS) is 19.0. The highest BCUT2D eigenvalue weighted by Crippen LogP contribution is 2.20. The number of nitrogens with two attached hydrogens (primary N) is 1. The van der Waals surface area contributed by atoms with E-state index in [0.717, 1.165) is 32.6 Å². The van der Waals surface area contributed by atoms with Crippen LogP contribution >= 0.6 is 0 Å². The summed E-state index contributed by atoms with van der Waals surface area (Å²) in [5, 5.41) is 0. The highest BCUT2D eigenvalue weighted by molar-refractivity contribution is 5.78. The Labute approximate surface area is 134 Å².